The van der Waals surface area contributed by atoms with E-state index in [9.17, 15) is 0 Å². The smallest absolute Gasteiger partial charge is 0.0433 e. The van der Waals surface area contributed by atoms with Gasteiger partial charge in [-0.15, -0.1) is 11.3 Å². The lowest BCUT2D eigenvalue weighted by molar-refractivity contribution is 1.37. The molecule has 6 aromatic carbocycles. The van der Waals surface area contributed by atoms with Crippen molar-refractivity contribution in [3.05, 3.63) is 128 Å². The standard InChI is InChI=1S/C35H21NS/c1-2-13-27-25(11-1)26-12-3-4-15-29(26)34-31(20-36-21-32(27)34)23-10-7-9-22(19-23)24-16-8-17-30-28-14-5-6-18-33(28)37-35(24)30/h1-21H. The Hall–Kier alpha value is -4.53. The average molecular weight is 488 g/mol. The Morgan fingerprint density at radius 1 is 0.432 bits per heavy atom. The summed E-state index contributed by atoms with van der Waals surface area (Å²) in [5.41, 5.74) is 4.87. The Balaban J connectivity index is 1.42. The van der Waals surface area contributed by atoms with Crippen LogP contribution < -0.4 is 0 Å². The summed E-state index contributed by atoms with van der Waals surface area (Å²) in [5, 5.41) is 10.2. The lowest BCUT2D eigenvalue weighted by atomic mass is 9.90. The second-order valence-corrected chi connectivity index (χ2v) is 10.6. The van der Waals surface area contributed by atoms with E-state index in [1.54, 1.807) is 0 Å². The number of pyridine rings is 1. The van der Waals surface area contributed by atoms with Crippen LogP contribution in [0.3, 0.4) is 0 Å². The van der Waals surface area contributed by atoms with Crippen LogP contribution in [0, 0.1) is 0 Å². The van der Waals surface area contributed by atoms with Gasteiger partial charge in [-0.3, -0.25) is 4.98 Å². The quantitative estimate of drug-likeness (QED) is 0.221. The van der Waals surface area contributed by atoms with Crippen molar-refractivity contribution < 1.29 is 0 Å². The van der Waals surface area contributed by atoms with Crippen LogP contribution in [-0.4, -0.2) is 4.98 Å². The van der Waals surface area contributed by atoms with Gasteiger partial charge in [0, 0.05) is 48.9 Å². The molecule has 0 bridgehead atoms. The predicted octanol–water partition coefficient (Wildman–Crippen LogP) is 10.2. The number of hydrogen-bond donors (Lipinski definition) is 0. The van der Waals surface area contributed by atoms with Gasteiger partial charge < -0.3 is 0 Å². The zero-order valence-corrected chi connectivity index (χ0v) is 20.8. The molecular weight excluding hydrogens is 466 g/mol. The molecule has 2 heteroatoms. The van der Waals surface area contributed by atoms with Crippen molar-refractivity contribution in [3.63, 3.8) is 0 Å². The highest BCUT2D eigenvalue weighted by molar-refractivity contribution is 7.26. The van der Waals surface area contributed by atoms with E-state index in [1.807, 2.05) is 23.7 Å². The molecule has 0 spiro atoms. The highest BCUT2D eigenvalue weighted by atomic mass is 32.1. The molecule has 8 aromatic rings. The van der Waals surface area contributed by atoms with Crippen LogP contribution >= 0.6 is 11.3 Å². The molecule has 1 nitrogen and oxygen atoms in total. The predicted molar refractivity (Wildman–Crippen MR) is 161 cm³/mol. The highest BCUT2D eigenvalue weighted by Crippen LogP contribution is 2.42. The number of fused-ring (bicyclic) bond motifs is 9. The van der Waals surface area contributed by atoms with E-state index in [0.29, 0.717) is 0 Å². The third-order valence-corrected chi connectivity index (χ3v) is 8.76. The minimum Gasteiger partial charge on any atom is -0.263 e. The molecule has 0 aliphatic heterocycles. The lowest BCUT2D eigenvalue weighted by Crippen LogP contribution is -1.89. The Morgan fingerprint density at radius 3 is 1.84 bits per heavy atom. The van der Waals surface area contributed by atoms with Gasteiger partial charge in [-0.1, -0.05) is 103 Å². The maximum absolute atomic E-state index is 4.73. The van der Waals surface area contributed by atoms with Crippen molar-refractivity contribution >= 4 is 63.8 Å². The first-order valence-electron chi connectivity index (χ1n) is 12.5. The van der Waals surface area contributed by atoms with Crippen molar-refractivity contribution in [2.75, 3.05) is 0 Å². The van der Waals surface area contributed by atoms with Crippen molar-refractivity contribution in [1.82, 2.24) is 4.98 Å². The van der Waals surface area contributed by atoms with Crippen molar-refractivity contribution in [3.8, 4) is 22.3 Å². The van der Waals surface area contributed by atoms with Crippen LogP contribution in [0.4, 0.5) is 0 Å². The lowest BCUT2D eigenvalue weighted by Gasteiger charge is -2.14. The topological polar surface area (TPSA) is 12.9 Å². The van der Waals surface area contributed by atoms with Gasteiger partial charge in [-0.2, -0.15) is 0 Å². The maximum Gasteiger partial charge on any atom is 0.0433 e. The summed E-state index contributed by atoms with van der Waals surface area (Å²) in [6.45, 7) is 0. The summed E-state index contributed by atoms with van der Waals surface area (Å²) in [7, 11) is 0. The molecule has 0 unspecified atom stereocenters. The third kappa shape index (κ3) is 3.06. The second kappa shape index (κ2) is 7.99. The van der Waals surface area contributed by atoms with Gasteiger partial charge in [0.15, 0.2) is 0 Å². The largest absolute Gasteiger partial charge is 0.263 e. The Morgan fingerprint density at radius 2 is 1.03 bits per heavy atom. The Labute approximate surface area is 218 Å². The van der Waals surface area contributed by atoms with Gasteiger partial charge in [0.25, 0.3) is 0 Å². The summed E-state index contributed by atoms with van der Waals surface area (Å²) in [4.78, 5) is 4.73. The van der Waals surface area contributed by atoms with E-state index in [-0.39, 0.29) is 0 Å². The molecule has 0 N–H and O–H groups in total. The molecule has 0 saturated heterocycles. The fraction of sp³-hybridized carbons (Fsp3) is 0. The van der Waals surface area contributed by atoms with Gasteiger partial charge in [0.05, 0.1) is 0 Å². The van der Waals surface area contributed by atoms with E-state index >= 15 is 0 Å². The van der Waals surface area contributed by atoms with Crippen LogP contribution in [0.25, 0.3) is 74.7 Å². The summed E-state index contributed by atoms with van der Waals surface area (Å²) >= 11 is 1.88. The number of aromatic nitrogens is 1. The number of hydrogen-bond acceptors (Lipinski definition) is 2. The fourth-order valence-electron chi connectivity index (χ4n) is 5.89. The first-order chi connectivity index (χ1) is 18.4. The van der Waals surface area contributed by atoms with E-state index in [4.69, 9.17) is 4.98 Å². The minimum absolute atomic E-state index is 1.17. The van der Waals surface area contributed by atoms with Gasteiger partial charge >= 0.3 is 0 Å². The van der Waals surface area contributed by atoms with Gasteiger partial charge in [-0.25, -0.2) is 0 Å². The van der Waals surface area contributed by atoms with Crippen molar-refractivity contribution in [2.45, 2.75) is 0 Å². The van der Waals surface area contributed by atoms with Crippen LogP contribution in [0.15, 0.2) is 128 Å². The molecular formula is C35H21NS. The fourth-order valence-corrected chi connectivity index (χ4v) is 7.13. The summed E-state index contributed by atoms with van der Waals surface area (Å²) in [5.74, 6) is 0. The molecule has 0 amide bonds. The molecule has 37 heavy (non-hydrogen) atoms. The van der Waals surface area contributed by atoms with Gasteiger partial charge in [-0.05, 0) is 50.4 Å². The molecule has 0 radical (unpaired) electrons. The number of thiophene rings is 1. The monoisotopic (exact) mass is 487 g/mol. The van der Waals surface area contributed by atoms with Crippen LogP contribution in [-0.2, 0) is 0 Å². The molecule has 0 atom stereocenters. The Kier molecular flexibility index (Phi) is 4.46. The Bertz CT molecular complexity index is 2110. The molecule has 172 valence electrons. The molecule has 0 fully saturated rings. The summed E-state index contributed by atoms with van der Waals surface area (Å²) in [6.07, 6.45) is 4.05. The zero-order valence-electron chi connectivity index (χ0n) is 20.0. The molecule has 0 aliphatic carbocycles. The van der Waals surface area contributed by atoms with E-state index in [2.05, 4.69) is 115 Å². The van der Waals surface area contributed by atoms with Crippen LogP contribution in [0.2, 0.25) is 0 Å². The second-order valence-electron chi connectivity index (χ2n) is 9.56. The molecule has 0 saturated carbocycles. The van der Waals surface area contributed by atoms with Crippen LogP contribution in [0.1, 0.15) is 0 Å². The van der Waals surface area contributed by atoms with E-state index in [1.165, 1.54) is 74.7 Å². The van der Waals surface area contributed by atoms with Crippen molar-refractivity contribution in [2.24, 2.45) is 0 Å². The van der Waals surface area contributed by atoms with E-state index < -0.39 is 0 Å². The highest BCUT2D eigenvalue weighted by Gasteiger charge is 2.15. The minimum atomic E-state index is 1.17. The number of rotatable bonds is 2. The van der Waals surface area contributed by atoms with Gasteiger partial charge in [0.1, 0.15) is 0 Å². The van der Waals surface area contributed by atoms with Crippen LogP contribution in [0.5, 0.6) is 0 Å². The normalized spacial score (nSPS) is 11.8. The summed E-state index contributed by atoms with van der Waals surface area (Å²) < 4.78 is 2.67. The maximum atomic E-state index is 4.73. The van der Waals surface area contributed by atoms with Crippen molar-refractivity contribution in [1.29, 1.82) is 0 Å². The molecule has 8 rings (SSSR count). The first kappa shape index (κ1) is 20.6. The third-order valence-electron chi connectivity index (χ3n) is 7.54. The molecule has 2 heterocycles. The SMILES string of the molecule is c1cc(-c2cccc3c2sc2ccccc23)cc(-c2cncc3c4ccccc4c4ccccc4c23)c1. The first-order valence-corrected chi connectivity index (χ1v) is 13.4. The molecule has 2 aromatic heterocycles. The molecule has 0 aliphatic rings. The number of benzene rings is 6. The average Bonchev–Trinajstić information content (AvgIpc) is 3.36. The zero-order chi connectivity index (χ0) is 24.3. The van der Waals surface area contributed by atoms with E-state index in [0.717, 1.165) is 0 Å². The summed E-state index contributed by atoms with van der Waals surface area (Å²) in [6, 6.07) is 41.8. The number of nitrogens with zero attached hydrogens (tertiary/aromatic N) is 1. The van der Waals surface area contributed by atoms with Gasteiger partial charge in [0.2, 0.25) is 0 Å².